The molecule has 3 N–H and O–H groups in total. The Labute approximate surface area is 97.2 Å². The molecule has 5 heteroatoms. The highest BCUT2D eigenvalue weighted by Gasteiger charge is 2.11. The fourth-order valence-corrected chi connectivity index (χ4v) is 2.06. The molecule has 1 aromatic carbocycles. The van der Waals surface area contributed by atoms with Gasteiger partial charge in [-0.2, -0.15) is 0 Å². The topological polar surface area (TPSA) is 50.9 Å². The number of halogens is 2. The molecule has 0 unspecified atom stereocenters. The molecule has 1 heterocycles. The van der Waals surface area contributed by atoms with E-state index in [9.17, 15) is 0 Å². The summed E-state index contributed by atoms with van der Waals surface area (Å²) in [6, 6.07) is 3.55. The second-order valence-corrected chi connectivity index (χ2v) is 4.00. The van der Waals surface area contributed by atoms with Crippen LogP contribution >= 0.6 is 23.2 Å². The van der Waals surface area contributed by atoms with E-state index in [1.165, 1.54) is 0 Å². The van der Waals surface area contributed by atoms with Crippen LogP contribution in [-0.4, -0.2) is 4.98 Å². The van der Waals surface area contributed by atoms with Crippen LogP contribution < -0.4 is 11.3 Å². The van der Waals surface area contributed by atoms with Crippen molar-refractivity contribution in [3.8, 4) is 0 Å². The molecule has 0 aliphatic carbocycles. The summed E-state index contributed by atoms with van der Waals surface area (Å²) in [6.45, 7) is 1.89. The number of nitrogens with zero attached hydrogens (tertiary/aromatic N) is 1. The van der Waals surface area contributed by atoms with E-state index < -0.39 is 0 Å². The summed E-state index contributed by atoms with van der Waals surface area (Å²) in [5, 5.41) is 1.95. The Kier molecular flexibility index (Phi) is 2.69. The summed E-state index contributed by atoms with van der Waals surface area (Å²) >= 11 is 12.3. The summed E-state index contributed by atoms with van der Waals surface area (Å²) in [4.78, 5) is 4.18. The van der Waals surface area contributed by atoms with Crippen molar-refractivity contribution in [2.75, 3.05) is 5.43 Å². The number of hydrogen-bond acceptors (Lipinski definition) is 3. The third kappa shape index (κ3) is 1.63. The van der Waals surface area contributed by atoms with Crippen LogP contribution in [0, 0.1) is 6.92 Å². The zero-order chi connectivity index (χ0) is 11.0. The van der Waals surface area contributed by atoms with Gasteiger partial charge < -0.3 is 5.43 Å². The quantitative estimate of drug-likeness (QED) is 0.596. The molecule has 0 saturated carbocycles. The smallest absolute Gasteiger partial charge is 0.0924 e. The molecule has 0 bridgehead atoms. The average molecular weight is 242 g/mol. The van der Waals surface area contributed by atoms with Gasteiger partial charge in [-0.1, -0.05) is 23.2 Å². The predicted molar refractivity (Wildman–Crippen MR) is 64.3 cm³/mol. The molecule has 15 heavy (non-hydrogen) atoms. The molecule has 2 aromatic rings. The molecule has 3 nitrogen and oxygen atoms in total. The van der Waals surface area contributed by atoms with Crippen molar-refractivity contribution in [2.45, 2.75) is 6.92 Å². The van der Waals surface area contributed by atoms with Gasteiger partial charge in [-0.05, 0) is 24.6 Å². The number of nitrogens with two attached hydrogens (primary N) is 1. The van der Waals surface area contributed by atoms with Crippen LogP contribution in [0.2, 0.25) is 10.0 Å². The van der Waals surface area contributed by atoms with Gasteiger partial charge in [-0.25, -0.2) is 0 Å². The van der Waals surface area contributed by atoms with Crippen LogP contribution in [0.25, 0.3) is 10.9 Å². The Morgan fingerprint density at radius 3 is 2.80 bits per heavy atom. The molecule has 0 radical (unpaired) electrons. The minimum Gasteiger partial charge on any atom is -0.323 e. The lowest BCUT2D eigenvalue weighted by molar-refractivity contribution is 1.33. The molecule has 0 aliphatic heterocycles. The van der Waals surface area contributed by atoms with Gasteiger partial charge in [0.2, 0.25) is 0 Å². The molecule has 0 fully saturated rings. The maximum atomic E-state index is 6.19. The van der Waals surface area contributed by atoms with Crippen molar-refractivity contribution in [3.63, 3.8) is 0 Å². The zero-order valence-corrected chi connectivity index (χ0v) is 9.52. The number of pyridine rings is 1. The van der Waals surface area contributed by atoms with Crippen LogP contribution in [0.3, 0.4) is 0 Å². The summed E-state index contributed by atoms with van der Waals surface area (Å²) in [5.74, 6) is 5.41. The van der Waals surface area contributed by atoms with E-state index in [4.69, 9.17) is 29.0 Å². The fourth-order valence-electron chi connectivity index (χ4n) is 1.50. The summed E-state index contributed by atoms with van der Waals surface area (Å²) in [7, 11) is 0. The first kappa shape index (κ1) is 10.5. The molecule has 0 spiro atoms. The normalized spacial score (nSPS) is 10.7. The first-order chi connectivity index (χ1) is 7.15. The van der Waals surface area contributed by atoms with Gasteiger partial charge in [0.25, 0.3) is 0 Å². The molecule has 0 atom stereocenters. The highest BCUT2D eigenvalue weighted by atomic mass is 35.5. The Bertz CT molecular complexity index is 526. The van der Waals surface area contributed by atoms with Crippen LogP contribution in [0.15, 0.2) is 18.3 Å². The van der Waals surface area contributed by atoms with Crippen molar-refractivity contribution in [1.29, 1.82) is 0 Å². The standard InChI is InChI=1S/C10H9Cl2N3/c1-5-4-6(11)10-8(9(5)12)7(15-13)2-3-14-10/h2-4H,13H2,1H3,(H,14,15). The number of aromatic nitrogens is 1. The number of aryl methyl sites for hydroxylation is 1. The lowest BCUT2D eigenvalue weighted by atomic mass is 10.1. The van der Waals surface area contributed by atoms with Gasteiger partial charge >= 0.3 is 0 Å². The van der Waals surface area contributed by atoms with Gasteiger partial charge in [0.15, 0.2) is 0 Å². The number of hydrazine groups is 1. The Morgan fingerprint density at radius 2 is 2.13 bits per heavy atom. The third-order valence-electron chi connectivity index (χ3n) is 2.24. The molecule has 1 aromatic heterocycles. The zero-order valence-electron chi connectivity index (χ0n) is 8.01. The van der Waals surface area contributed by atoms with Gasteiger partial charge in [0.1, 0.15) is 0 Å². The molecule has 0 saturated heterocycles. The molecule has 78 valence electrons. The second kappa shape index (κ2) is 3.85. The van der Waals surface area contributed by atoms with Gasteiger partial charge in [-0.3, -0.25) is 10.8 Å². The molecule has 0 aliphatic rings. The minimum atomic E-state index is 0.573. The number of nitrogen functional groups attached to an aromatic ring is 1. The van der Waals surface area contributed by atoms with Crippen molar-refractivity contribution < 1.29 is 0 Å². The number of benzene rings is 1. The number of nitrogens with one attached hydrogen (secondary N) is 1. The van der Waals surface area contributed by atoms with Gasteiger partial charge in [0.05, 0.1) is 21.2 Å². The van der Waals surface area contributed by atoms with Gasteiger partial charge in [-0.15, -0.1) is 0 Å². The predicted octanol–water partition coefficient (Wildman–Crippen LogP) is 3.14. The van der Waals surface area contributed by atoms with E-state index in [1.54, 1.807) is 18.3 Å². The van der Waals surface area contributed by atoms with Crippen LogP contribution in [0.4, 0.5) is 5.69 Å². The maximum Gasteiger partial charge on any atom is 0.0924 e. The number of fused-ring (bicyclic) bond motifs is 1. The third-order valence-corrected chi connectivity index (χ3v) is 3.02. The summed E-state index contributed by atoms with van der Waals surface area (Å²) in [6.07, 6.45) is 1.63. The van der Waals surface area contributed by atoms with Crippen LogP contribution in [-0.2, 0) is 0 Å². The highest BCUT2D eigenvalue weighted by Crippen LogP contribution is 2.35. The maximum absolute atomic E-state index is 6.19. The SMILES string of the molecule is Cc1cc(Cl)c2nccc(NN)c2c1Cl. The average Bonchev–Trinajstić information content (AvgIpc) is 2.25. The number of anilines is 1. The van der Waals surface area contributed by atoms with Crippen molar-refractivity contribution in [1.82, 2.24) is 4.98 Å². The van der Waals surface area contributed by atoms with Crippen molar-refractivity contribution in [3.05, 3.63) is 33.9 Å². The molecular weight excluding hydrogens is 233 g/mol. The summed E-state index contributed by atoms with van der Waals surface area (Å²) in [5.41, 5.74) is 4.86. The van der Waals surface area contributed by atoms with E-state index in [0.29, 0.717) is 15.6 Å². The fraction of sp³-hybridized carbons (Fsp3) is 0.100. The van der Waals surface area contributed by atoms with E-state index in [-0.39, 0.29) is 0 Å². The largest absolute Gasteiger partial charge is 0.323 e. The van der Waals surface area contributed by atoms with Gasteiger partial charge in [0, 0.05) is 11.6 Å². The highest BCUT2D eigenvalue weighted by molar-refractivity contribution is 6.41. The first-order valence-electron chi connectivity index (χ1n) is 4.35. The minimum absolute atomic E-state index is 0.573. The Morgan fingerprint density at radius 1 is 1.40 bits per heavy atom. The van der Waals surface area contributed by atoms with E-state index in [1.807, 2.05) is 6.92 Å². The Balaban J connectivity index is 2.96. The lowest BCUT2D eigenvalue weighted by Gasteiger charge is -2.09. The van der Waals surface area contributed by atoms with Crippen molar-refractivity contribution >= 4 is 39.8 Å². The molecule has 0 amide bonds. The van der Waals surface area contributed by atoms with E-state index in [0.717, 1.165) is 16.6 Å². The monoisotopic (exact) mass is 241 g/mol. The number of hydrogen-bond donors (Lipinski definition) is 2. The van der Waals surface area contributed by atoms with Crippen molar-refractivity contribution in [2.24, 2.45) is 5.84 Å². The lowest BCUT2D eigenvalue weighted by Crippen LogP contribution is -2.07. The molecular formula is C10H9Cl2N3. The van der Waals surface area contributed by atoms with Crippen LogP contribution in [0.1, 0.15) is 5.56 Å². The van der Waals surface area contributed by atoms with Crippen LogP contribution in [0.5, 0.6) is 0 Å². The second-order valence-electron chi connectivity index (χ2n) is 3.22. The van der Waals surface area contributed by atoms with E-state index in [2.05, 4.69) is 10.4 Å². The summed E-state index contributed by atoms with van der Waals surface area (Å²) < 4.78 is 0. The first-order valence-corrected chi connectivity index (χ1v) is 5.10. The number of rotatable bonds is 1. The van der Waals surface area contributed by atoms with E-state index >= 15 is 0 Å². The molecule has 2 rings (SSSR count). The Hall–Kier alpha value is -1.03.